The second kappa shape index (κ2) is 11.5. The molecule has 0 heterocycles. The lowest BCUT2D eigenvalue weighted by Gasteiger charge is -2.25. The van der Waals surface area contributed by atoms with Gasteiger partial charge in [0.05, 0.1) is 0 Å². The molecule has 1 heteroatoms. The molecule has 0 unspecified atom stereocenters. The molecule has 0 saturated heterocycles. The molecule has 6 aromatic carbocycles. The van der Waals surface area contributed by atoms with Crippen molar-refractivity contribution in [2.24, 2.45) is 0 Å². The first kappa shape index (κ1) is 24.2. The second-order valence-electron chi connectivity index (χ2n) is 9.47. The van der Waals surface area contributed by atoms with Crippen LogP contribution in [0.4, 0.5) is 17.1 Å². The molecule has 0 N–H and O–H groups in total. The van der Waals surface area contributed by atoms with Crippen LogP contribution in [-0.2, 0) is 0 Å². The molecule has 0 atom stereocenters. The molecule has 0 spiro atoms. The lowest BCUT2D eigenvalue weighted by Crippen LogP contribution is -2.09. The van der Waals surface area contributed by atoms with E-state index in [0.717, 1.165) is 17.1 Å². The highest BCUT2D eigenvalue weighted by Gasteiger charge is 2.12. The highest BCUT2D eigenvalue weighted by atomic mass is 15.1. The maximum absolute atomic E-state index is 2.29. The van der Waals surface area contributed by atoms with Gasteiger partial charge in [-0.15, -0.1) is 0 Å². The Kier molecular flexibility index (Phi) is 7.14. The number of anilines is 3. The summed E-state index contributed by atoms with van der Waals surface area (Å²) in [6.07, 6.45) is 2.26. The van der Waals surface area contributed by atoms with Crippen LogP contribution in [0.3, 0.4) is 0 Å². The lowest BCUT2D eigenvalue weighted by molar-refractivity contribution is 1.28. The summed E-state index contributed by atoms with van der Waals surface area (Å²) in [5, 5.41) is 0. The maximum atomic E-state index is 2.29. The van der Waals surface area contributed by atoms with Crippen molar-refractivity contribution >= 4 is 28.7 Å². The Labute approximate surface area is 231 Å². The van der Waals surface area contributed by atoms with E-state index in [4.69, 9.17) is 0 Å². The van der Waals surface area contributed by atoms with Gasteiger partial charge < -0.3 is 4.90 Å². The number of para-hydroxylation sites is 2. The summed E-state index contributed by atoms with van der Waals surface area (Å²) >= 11 is 0. The summed E-state index contributed by atoms with van der Waals surface area (Å²) in [6, 6.07) is 59.8. The molecule has 0 aromatic heterocycles. The van der Waals surface area contributed by atoms with E-state index < -0.39 is 0 Å². The summed E-state index contributed by atoms with van der Waals surface area (Å²) in [7, 11) is 0. The fourth-order valence-electron chi connectivity index (χ4n) is 4.91. The van der Waals surface area contributed by atoms with Gasteiger partial charge in [-0.05, 0) is 75.9 Å². The van der Waals surface area contributed by atoms with Gasteiger partial charge in [0.25, 0.3) is 0 Å². The SMILES string of the molecule is C(=C(/c1ccccc1)c1ccc(-c2ccc(N(c3ccccc3)c3ccccc3)cc2)cc1)/c1ccccc1. The minimum absolute atomic E-state index is 1.13. The molecule has 39 heavy (non-hydrogen) atoms. The fraction of sp³-hybridized carbons (Fsp3) is 0. The third kappa shape index (κ3) is 5.58. The van der Waals surface area contributed by atoms with Crippen molar-refractivity contribution in [3.8, 4) is 11.1 Å². The van der Waals surface area contributed by atoms with Crippen LogP contribution >= 0.6 is 0 Å². The number of nitrogens with zero attached hydrogens (tertiary/aromatic N) is 1. The predicted molar refractivity (Wildman–Crippen MR) is 166 cm³/mol. The molecular weight excluding hydrogens is 470 g/mol. The number of hydrogen-bond acceptors (Lipinski definition) is 1. The van der Waals surface area contributed by atoms with Crippen LogP contribution in [0.15, 0.2) is 170 Å². The molecule has 186 valence electrons. The van der Waals surface area contributed by atoms with Crippen LogP contribution in [0.2, 0.25) is 0 Å². The zero-order valence-corrected chi connectivity index (χ0v) is 21.7. The molecule has 0 aliphatic heterocycles. The van der Waals surface area contributed by atoms with Gasteiger partial charge >= 0.3 is 0 Å². The molecule has 0 radical (unpaired) electrons. The zero-order chi connectivity index (χ0) is 26.3. The average molecular weight is 500 g/mol. The molecule has 0 bridgehead atoms. The average Bonchev–Trinajstić information content (AvgIpc) is 3.03. The Morgan fingerprint density at radius 2 is 0.744 bits per heavy atom. The van der Waals surface area contributed by atoms with E-state index in [1.807, 2.05) is 0 Å². The van der Waals surface area contributed by atoms with E-state index in [1.54, 1.807) is 0 Å². The van der Waals surface area contributed by atoms with Crippen LogP contribution in [0, 0.1) is 0 Å². The summed E-state index contributed by atoms with van der Waals surface area (Å²) in [6.45, 7) is 0. The van der Waals surface area contributed by atoms with Crippen molar-refractivity contribution in [3.63, 3.8) is 0 Å². The standard InChI is InChI=1S/C38H29N/c1-5-13-30(14-6-1)29-38(33-15-7-2-8-16-33)34-23-21-31(22-24-34)32-25-27-37(28-26-32)39(35-17-9-3-10-18-35)36-19-11-4-12-20-36/h1-29H/b38-29+. The van der Waals surface area contributed by atoms with E-state index in [2.05, 4.69) is 181 Å². The highest BCUT2D eigenvalue weighted by molar-refractivity contribution is 5.92. The minimum Gasteiger partial charge on any atom is -0.311 e. The Morgan fingerprint density at radius 3 is 1.26 bits per heavy atom. The molecule has 0 aliphatic rings. The molecular formula is C38H29N. The van der Waals surface area contributed by atoms with Crippen LogP contribution in [-0.4, -0.2) is 0 Å². The molecule has 6 rings (SSSR count). The first-order chi connectivity index (χ1) is 19.3. The summed E-state index contributed by atoms with van der Waals surface area (Å²) in [5.74, 6) is 0. The van der Waals surface area contributed by atoms with Crippen molar-refractivity contribution in [2.45, 2.75) is 0 Å². The van der Waals surface area contributed by atoms with Crippen LogP contribution in [0.25, 0.3) is 22.8 Å². The van der Waals surface area contributed by atoms with Crippen LogP contribution in [0.5, 0.6) is 0 Å². The lowest BCUT2D eigenvalue weighted by atomic mass is 9.94. The van der Waals surface area contributed by atoms with Crippen LogP contribution in [0.1, 0.15) is 16.7 Å². The van der Waals surface area contributed by atoms with Crippen LogP contribution < -0.4 is 4.90 Å². The molecule has 0 fully saturated rings. The minimum atomic E-state index is 1.13. The van der Waals surface area contributed by atoms with Gasteiger partial charge in [0.15, 0.2) is 0 Å². The Balaban J connectivity index is 1.31. The van der Waals surface area contributed by atoms with E-state index in [-0.39, 0.29) is 0 Å². The largest absolute Gasteiger partial charge is 0.311 e. The Morgan fingerprint density at radius 1 is 0.359 bits per heavy atom. The molecule has 0 aliphatic carbocycles. The Bertz CT molecular complexity index is 1600. The predicted octanol–water partition coefficient (Wildman–Crippen LogP) is 10.4. The number of benzene rings is 6. The van der Waals surface area contributed by atoms with Gasteiger partial charge in [-0.2, -0.15) is 0 Å². The van der Waals surface area contributed by atoms with Crippen molar-refractivity contribution in [1.29, 1.82) is 0 Å². The number of rotatable bonds is 7. The fourth-order valence-corrected chi connectivity index (χ4v) is 4.91. The third-order valence-corrected chi connectivity index (χ3v) is 6.88. The van der Waals surface area contributed by atoms with E-state index >= 15 is 0 Å². The van der Waals surface area contributed by atoms with E-state index in [0.29, 0.717) is 0 Å². The normalized spacial score (nSPS) is 11.2. The summed E-state index contributed by atoms with van der Waals surface area (Å²) < 4.78 is 0. The van der Waals surface area contributed by atoms with Gasteiger partial charge in [0.2, 0.25) is 0 Å². The molecule has 6 aromatic rings. The van der Waals surface area contributed by atoms with Gasteiger partial charge in [0.1, 0.15) is 0 Å². The number of hydrogen-bond donors (Lipinski definition) is 0. The van der Waals surface area contributed by atoms with E-state index in [1.165, 1.54) is 33.4 Å². The van der Waals surface area contributed by atoms with Gasteiger partial charge in [-0.1, -0.05) is 133 Å². The molecule has 0 saturated carbocycles. The summed E-state index contributed by atoms with van der Waals surface area (Å²) in [5.41, 5.74) is 10.6. The van der Waals surface area contributed by atoms with Crippen molar-refractivity contribution in [2.75, 3.05) is 4.90 Å². The van der Waals surface area contributed by atoms with Gasteiger partial charge in [-0.3, -0.25) is 0 Å². The molecule has 1 nitrogen and oxygen atoms in total. The monoisotopic (exact) mass is 499 g/mol. The van der Waals surface area contributed by atoms with Gasteiger partial charge in [-0.25, -0.2) is 0 Å². The topological polar surface area (TPSA) is 3.24 Å². The second-order valence-corrected chi connectivity index (χ2v) is 9.47. The van der Waals surface area contributed by atoms with Crippen molar-refractivity contribution in [1.82, 2.24) is 0 Å². The molecule has 0 amide bonds. The Hall–Kier alpha value is -5.14. The summed E-state index contributed by atoms with van der Waals surface area (Å²) in [4.78, 5) is 2.29. The smallest absolute Gasteiger partial charge is 0.0462 e. The third-order valence-electron chi connectivity index (χ3n) is 6.88. The van der Waals surface area contributed by atoms with Crippen molar-refractivity contribution in [3.05, 3.63) is 187 Å². The maximum Gasteiger partial charge on any atom is 0.0462 e. The first-order valence-electron chi connectivity index (χ1n) is 13.3. The highest BCUT2D eigenvalue weighted by Crippen LogP contribution is 2.35. The zero-order valence-electron chi connectivity index (χ0n) is 21.7. The van der Waals surface area contributed by atoms with Crippen molar-refractivity contribution < 1.29 is 0 Å². The van der Waals surface area contributed by atoms with Gasteiger partial charge in [0, 0.05) is 17.1 Å². The first-order valence-corrected chi connectivity index (χ1v) is 13.3. The quantitative estimate of drug-likeness (QED) is 0.197. The van der Waals surface area contributed by atoms with E-state index in [9.17, 15) is 0 Å².